The van der Waals surface area contributed by atoms with Crippen LogP contribution in [0.4, 0.5) is 8.78 Å². The molecular formula is C17H14ClF2N3O. The highest BCUT2D eigenvalue weighted by atomic mass is 35.5. The highest BCUT2D eigenvalue weighted by molar-refractivity contribution is 6.31. The third-order valence-electron chi connectivity index (χ3n) is 3.74. The maximum Gasteiger partial charge on any atom is 0.241 e. The van der Waals surface area contributed by atoms with Crippen molar-refractivity contribution >= 4 is 28.5 Å². The first kappa shape index (κ1) is 16.4. The molecule has 124 valence electrons. The fourth-order valence-corrected chi connectivity index (χ4v) is 2.59. The van der Waals surface area contributed by atoms with Gasteiger partial charge in [-0.15, -0.1) is 0 Å². The van der Waals surface area contributed by atoms with Crippen molar-refractivity contribution in [1.29, 1.82) is 0 Å². The van der Waals surface area contributed by atoms with Crippen LogP contribution in [0.2, 0.25) is 5.02 Å². The van der Waals surface area contributed by atoms with E-state index in [-0.39, 0.29) is 28.6 Å². The second-order valence-electron chi connectivity index (χ2n) is 5.59. The van der Waals surface area contributed by atoms with Crippen molar-refractivity contribution in [3.63, 3.8) is 0 Å². The van der Waals surface area contributed by atoms with E-state index in [4.69, 9.17) is 11.6 Å². The molecule has 3 rings (SSSR count). The third kappa shape index (κ3) is 2.85. The molecule has 2 aromatic heterocycles. The smallest absolute Gasteiger partial charge is 0.241 e. The van der Waals surface area contributed by atoms with Gasteiger partial charge in [-0.05, 0) is 12.1 Å². The molecule has 0 bridgehead atoms. The maximum absolute atomic E-state index is 14.2. The lowest BCUT2D eigenvalue weighted by molar-refractivity contribution is -0.129. The summed E-state index contributed by atoms with van der Waals surface area (Å²) in [6.07, 6.45) is 2.61. The second-order valence-corrected chi connectivity index (χ2v) is 5.99. The number of nitrogens with zero attached hydrogens (tertiary/aromatic N) is 3. The number of amides is 1. The van der Waals surface area contributed by atoms with Gasteiger partial charge >= 0.3 is 0 Å². The van der Waals surface area contributed by atoms with E-state index >= 15 is 0 Å². The summed E-state index contributed by atoms with van der Waals surface area (Å²) in [4.78, 5) is 17.4. The molecule has 0 aliphatic carbocycles. The highest BCUT2D eigenvalue weighted by Gasteiger charge is 2.16. The van der Waals surface area contributed by atoms with Crippen molar-refractivity contribution in [2.45, 2.75) is 6.54 Å². The van der Waals surface area contributed by atoms with Gasteiger partial charge in [0.2, 0.25) is 5.91 Å². The molecule has 0 saturated carbocycles. The predicted octanol–water partition coefficient (Wildman–Crippen LogP) is 3.72. The van der Waals surface area contributed by atoms with E-state index in [0.29, 0.717) is 11.1 Å². The van der Waals surface area contributed by atoms with Crippen LogP contribution in [0.5, 0.6) is 0 Å². The summed E-state index contributed by atoms with van der Waals surface area (Å²) in [5, 5.41) is -0.00283. The number of pyridine rings is 1. The number of carbonyl (C=O) groups excluding carboxylic acids is 1. The van der Waals surface area contributed by atoms with Gasteiger partial charge < -0.3 is 9.47 Å². The molecule has 1 aromatic carbocycles. The van der Waals surface area contributed by atoms with Gasteiger partial charge in [0.15, 0.2) is 5.82 Å². The molecule has 0 unspecified atom stereocenters. The minimum atomic E-state index is -0.566. The van der Waals surface area contributed by atoms with Gasteiger partial charge in [0.05, 0.1) is 10.5 Å². The summed E-state index contributed by atoms with van der Waals surface area (Å²) < 4.78 is 29.7. The van der Waals surface area contributed by atoms with Crippen LogP contribution in [0.3, 0.4) is 0 Å². The molecular weight excluding hydrogens is 336 g/mol. The zero-order valence-corrected chi connectivity index (χ0v) is 13.8. The molecule has 2 heterocycles. The van der Waals surface area contributed by atoms with Gasteiger partial charge in [0.1, 0.15) is 17.9 Å². The number of aromatic nitrogens is 2. The average Bonchev–Trinajstić information content (AvgIpc) is 2.85. The van der Waals surface area contributed by atoms with Crippen molar-refractivity contribution in [2.75, 3.05) is 14.1 Å². The van der Waals surface area contributed by atoms with E-state index in [2.05, 4.69) is 4.98 Å². The molecule has 3 aromatic rings. The number of hydrogen-bond acceptors (Lipinski definition) is 2. The van der Waals surface area contributed by atoms with Gasteiger partial charge in [0, 0.05) is 37.6 Å². The first-order valence-electron chi connectivity index (χ1n) is 7.17. The van der Waals surface area contributed by atoms with Crippen LogP contribution in [0.1, 0.15) is 0 Å². The summed E-state index contributed by atoms with van der Waals surface area (Å²) in [5.74, 6) is -1.29. The summed E-state index contributed by atoms with van der Waals surface area (Å²) in [5.41, 5.74) is 1.27. The molecule has 7 heteroatoms. The van der Waals surface area contributed by atoms with Crippen LogP contribution in [0, 0.1) is 11.6 Å². The number of hydrogen-bond donors (Lipinski definition) is 0. The lowest BCUT2D eigenvalue weighted by Gasteiger charge is -2.12. The standard InChI is InChI=1S/C17H14ClF2N3O/c1-22(2)15(24)9-23-8-13(19)17-14(23)6-10(7-21-17)11-4-3-5-12(18)16(11)20/h3-8H,9H2,1-2H3. The monoisotopic (exact) mass is 349 g/mol. The van der Waals surface area contributed by atoms with Gasteiger partial charge in [-0.3, -0.25) is 9.78 Å². The van der Waals surface area contributed by atoms with Crippen molar-refractivity contribution in [1.82, 2.24) is 14.5 Å². The Hall–Kier alpha value is -2.47. The number of benzene rings is 1. The largest absolute Gasteiger partial charge is 0.347 e. The van der Waals surface area contributed by atoms with Crippen molar-refractivity contribution in [2.24, 2.45) is 0 Å². The van der Waals surface area contributed by atoms with E-state index in [9.17, 15) is 13.6 Å². The number of rotatable bonds is 3. The summed E-state index contributed by atoms with van der Waals surface area (Å²) in [7, 11) is 3.24. The van der Waals surface area contributed by atoms with Gasteiger partial charge in [-0.1, -0.05) is 23.7 Å². The molecule has 0 spiro atoms. The van der Waals surface area contributed by atoms with Crippen molar-refractivity contribution in [3.8, 4) is 11.1 Å². The molecule has 0 aliphatic rings. The van der Waals surface area contributed by atoms with Crippen LogP contribution >= 0.6 is 11.6 Å². The van der Waals surface area contributed by atoms with Crippen molar-refractivity contribution in [3.05, 3.63) is 53.3 Å². The van der Waals surface area contributed by atoms with Crippen LogP contribution in [-0.4, -0.2) is 34.5 Å². The molecule has 0 fully saturated rings. The Labute approximate surface area is 142 Å². The molecule has 4 nitrogen and oxygen atoms in total. The Morgan fingerprint density at radius 3 is 2.79 bits per heavy atom. The quantitative estimate of drug-likeness (QED) is 0.722. The first-order chi connectivity index (χ1) is 11.4. The van der Waals surface area contributed by atoms with E-state index in [1.165, 1.54) is 27.9 Å². The Morgan fingerprint density at radius 1 is 1.33 bits per heavy atom. The van der Waals surface area contributed by atoms with E-state index in [0.717, 1.165) is 0 Å². The normalized spacial score (nSPS) is 11.0. The Bertz CT molecular complexity index is 937. The highest BCUT2D eigenvalue weighted by Crippen LogP contribution is 2.30. The summed E-state index contributed by atoms with van der Waals surface area (Å²) >= 11 is 5.81. The van der Waals surface area contributed by atoms with Crippen LogP contribution in [-0.2, 0) is 11.3 Å². The van der Waals surface area contributed by atoms with Crippen LogP contribution in [0.15, 0.2) is 36.7 Å². The minimum Gasteiger partial charge on any atom is -0.347 e. The first-order valence-corrected chi connectivity index (χ1v) is 7.55. The molecule has 24 heavy (non-hydrogen) atoms. The van der Waals surface area contributed by atoms with E-state index in [1.807, 2.05) is 0 Å². The molecule has 1 amide bonds. The van der Waals surface area contributed by atoms with Crippen LogP contribution < -0.4 is 0 Å². The predicted molar refractivity (Wildman–Crippen MR) is 88.8 cm³/mol. The maximum atomic E-state index is 14.2. The molecule has 0 atom stereocenters. The zero-order valence-electron chi connectivity index (χ0n) is 13.1. The van der Waals surface area contributed by atoms with Gasteiger partial charge in [-0.2, -0.15) is 0 Å². The Kier molecular flexibility index (Phi) is 4.24. The molecule has 0 N–H and O–H groups in total. The van der Waals surface area contributed by atoms with Crippen molar-refractivity contribution < 1.29 is 13.6 Å². The van der Waals surface area contributed by atoms with Gasteiger partial charge in [0.25, 0.3) is 0 Å². The number of fused-ring (bicyclic) bond motifs is 1. The fraction of sp³-hybridized carbons (Fsp3) is 0.176. The van der Waals surface area contributed by atoms with Crippen LogP contribution in [0.25, 0.3) is 22.2 Å². The molecule has 0 saturated heterocycles. The molecule has 0 aliphatic heterocycles. The lowest BCUT2D eigenvalue weighted by Crippen LogP contribution is -2.25. The average molecular weight is 350 g/mol. The zero-order chi connectivity index (χ0) is 17.4. The Morgan fingerprint density at radius 2 is 2.08 bits per heavy atom. The number of likely N-dealkylation sites (N-methyl/N-ethyl adjacent to an activating group) is 1. The lowest BCUT2D eigenvalue weighted by atomic mass is 10.1. The molecule has 0 radical (unpaired) electrons. The minimum absolute atomic E-state index is 0.00283. The SMILES string of the molecule is CN(C)C(=O)Cn1cc(F)c2ncc(-c3cccc(Cl)c3F)cc21. The third-order valence-corrected chi connectivity index (χ3v) is 4.03. The summed E-state index contributed by atoms with van der Waals surface area (Å²) in [6, 6.07) is 6.24. The number of carbonyl (C=O) groups is 1. The van der Waals surface area contributed by atoms with E-state index in [1.54, 1.807) is 32.3 Å². The topological polar surface area (TPSA) is 38.1 Å². The fourth-order valence-electron chi connectivity index (χ4n) is 2.42. The summed E-state index contributed by atoms with van der Waals surface area (Å²) in [6.45, 7) is -0.0312. The van der Waals surface area contributed by atoms with E-state index < -0.39 is 11.6 Å². The second kappa shape index (κ2) is 6.20. The van der Waals surface area contributed by atoms with Gasteiger partial charge in [-0.25, -0.2) is 8.78 Å². The Balaban J connectivity index is 2.13. The number of halogens is 3.